The van der Waals surface area contributed by atoms with Gasteiger partial charge in [0.2, 0.25) is 0 Å². The largest absolute Gasteiger partial charge is 0.459 e. The molecule has 3 heteroatoms. The highest BCUT2D eigenvalue weighted by Crippen LogP contribution is 2.59. The summed E-state index contributed by atoms with van der Waals surface area (Å²) in [4.78, 5) is 12.2. The highest BCUT2D eigenvalue weighted by atomic mass is 31.1. The van der Waals surface area contributed by atoms with Crippen LogP contribution in [-0.4, -0.2) is 23.6 Å². The van der Waals surface area contributed by atoms with Gasteiger partial charge in [0.05, 0.1) is 0 Å². The molecule has 0 radical (unpaired) electrons. The van der Waals surface area contributed by atoms with Crippen molar-refractivity contribution in [1.29, 1.82) is 0 Å². The van der Waals surface area contributed by atoms with Crippen LogP contribution in [0.25, 0.3) is 0 Å². The Hall–Kier alpha value is -0.100. The van der Waals surface area contributed by atoms with E-state index in [9.17, 15) is 4.79 Å². The molecule has 0 aliphatic heterocycles. The van der Waals surface area contributed by atoms with Gasteiger partial charge in [0.15, 0.2) is 0 Å². The topological polar surface area (TPSA) is 26.3 Å². The minimum absolute atomic E-state index is 0.0551. The lowest BCUT2D eigenvalue weighted by molar-refractivity contribution is 0.0718. The quantitative estimate of drug-likeness (QED) is 0.670. The van der Waals surface area contributed by atoms with E-state index in [0.29, 0.717) is 11.3 Å². The Morgan fingerprint density at radius 2 is 1.89 bits per heavy atom. The summed E-state index contributed by atoms with van der Waals surface area (Å²) in [7, 11) is -0.700. The van der Waals surface area contributed by atoms with Crippen LogP contribution in [0.1, 0.15) is 53.9 Å². The summed E-state index contributed by atoms with van der Waals surface area (Å²) >= 11 is 0. The maximum atomic E-state index is 12.2. The molecule has 0 saturated heterocycles. The molecule has 0 spiro atoms. The second-order valence-electron chi connectivity index (χ2n) is 7.59. The number of hydrogen-bond donors (Lipinski definition) is 0. The van der Waals surface area contributed by atoms with Gasteiger partial charge in [-0.2, -0.15) is 0 Å². The average Bonchev–Trinajstić information content (AvgIpc) is 2.64. The lowest BCUT2D eigenvalue weighted by Gasteiger charge is -2.30. The van der Waals surface area contributed by atoms with Crippen molar-refractivity contribution in [2.45, 2.75) is 65.1 Å². The van der Waals surface area contributed by atoms with Gasteiger partial charge in [0, 0.05) is 13.8 Å². The van der Waals surface area contributed by atoms with Gasteiger partial charge in [-0.25, -0.2) is 4.79 Å². The molecule has 2 nitrogen and oxygen atoms in total. The first-order chi connectivity index (χ1) is 8.14. The SMILES string of the molecule is C[P@@](C(=O)O[C@@H]1C[C@@H]2CC[C@H]1C2(C)C)C(C)(C)C. The normalized spacial score (nSPS) is 35.6. The molecule has 2 aliphatic carbocycles. The van der Waals surface area contributed by atoms with Gasteiger partial charge >= 0.3 is 5.71 Å². The molecule has 0 N–H and O–H groups in total. The predicted molar refractivity (Wildman–Crippen MR) is 77.5 cm³/mol. The van der Waals surface area contributed by atoms with E-state index in [1.807, 2.05) is 0 Å². The van der Waals surface area contributed by atoms with Gasteiger partial charge in [0.25, 0.3) is 0 Å². The first kappa shape index (κ1) is 14.3. The van der Waals surface area contributed by atoms with E-state index in [1.165, 1.54) is 12.8 Å². The second kappa shape index (κ2) is 4.47. The molecule has 0 aromatic rings. The Morgan fingerprint density at radius 1 is 1.28 bits per heavy atom. The van der Waals surface area contributed by atoms with Crippen molar-refractivity contribution in [3.05, 3.63) is 0 Å². The van der Waals surface area contributed by atoms with E-state index in [0.717, 1.165) is 12.3 Å². The summed E-state index contributed by atoms with van der Waals surface area (Å²) in [6.45, 7) is 13.1. The van der Waals surface area contributed by atoms with Gasteiger partial charge in [-0.05, 0) is 42.4 Å². The van der Waals surface area contributed by atoms with E-state index < -0.39 is 7.92 Å². The van der Waals surface area contributed by atoms with E-state index in [1.54, 1.807) is 0 Å². The van der Waals surface area contributed by atoms with Crippen LogP contribution in [0.3, 0.4) is 0 Å². The minimum Gasteiger partial charge on any atom is -0.459 e. The van der Waals surface area contributed by atoms with Gasteiger partial charge < -0.3 is 4.74 Å². The molecule has 0 unspecified atom stereocenters. The number of hydrogen-bond acceptors (Lipinski definition) is 2. The number of fused-ring (bicyclic) bond motifs is 2. The number of rotatable bonds is 2. The van der Waals surface area contributed by atoms with Crippen LogP contribution in [0.2, 0.25) is 0 Å². The number of carbonyl (C=O) groups excluding carboxylic acids is 1. The van der Waals surface area contributed by atoms with Crippen molar-refractivity contribution in [3.8, 4) is 0 Å². The van der Waals surface area contributed by atoms with E-state index in [4.69, 9.17) is 4.74 Å². The Balaban J connectivity index is 1.99. The Bertz CT molecular complexity index is 343. The van der Waals surface area contributed by atoms with E-state index >= 15 is 0 Å². The highest BCUT2D eigenvalue weighted by Gasteiger charge is 2.55. The van der Waals surface area contributed by atoms with Crippen LogP contribution >= 0.6 is 7.92 Å². The second-order valence-corrected chi connectivity index (χ2v) is 10.4. The average molecular weight is 270 g/mol. The third-order valence-corrected chi connectivity index (χ3v) is 8.00. The molecular weight excluding hydrogens is 243 g/mol. The van der Waals surface area contributed by atoms with Gasteiger partial charge in [-0.3, -0.25) is 0 Å². The molecule has 2 rings (SSSR count). The fraction of sp³-hybridized carbons (Fsp3) is 0.933. The molecule has 2 saturated carbocycles. The summed E-state index contributed by atoms with van der Waals surface area (Å²) < 4.78 is 5.86. The van der Waals surface area contributed by atoms with Gasteiger partial charge in [-0.15, -0.1) is 0 Å². The van der Waals surface area contributed by atoms with Crippen molar-refractivity contribution in [2.75, 3.05) is 6.66 Å². The first-order valence-corrected chi connectivity index (χ1v) is 8.87. The summed E-state index contributed by atoms with van der Waals surface area (Å²) in [5, 5.41) is 0.0551. The van der Waals surface area contributed by atoms with Crippen molar-refractivity contribution < 1.29 is 9.53 Å². The molecule has 4 atom stereocenters. The standard InChI is InChI=1S/C15H27O2P/c1-14(2,3)18(6)13(16)17-12-9-10-7-8-11(12)15(10,4)5/h10-12H,7-9H2,1-6H3/t10-,11+,12+,18-/m0/s1. The molecule has 0 aromatic heterocycles. The summed E-state index contributed by atoms with van der Waals surface area (Å²) in [5.41, 5.74) is 0.439. The van der Waals surface area contributed by atoms with Crippen LogP contribution in [0.5, 0.6) is 0 Å². The van der Waals surface area contributed by atoms with Gasteiger partial charge in [0.1, 0.15) is 6.10 Å². The Morgan fingerprint density at radius 3 is 2.28 bits per heavy atom. The molecule has 0 heterocycles. The number of carbonyl (C=O) groups is 1. The third-order valence-electron chi connectivity index (χ3n) is 5.33. The van der Waals surface area contributed by atoms with E-state index in [2.05, 4.69) is 41.3 Å². The van der Waals surface area contributed by atoms with E-state index in [-0.39, 0.29) is 17.0 Å². The zero-order valence-corrected chi connectivity index (χ0v) is 13.5. The molecule has 0 amide bonds. The summed E-state index contributed by atoms with van der Waals surface area (Å²) in [6.07, 6.45) is 3.86. The maximum Gasteiger partial charge on any atom is 0.326 e. The molecule has 2 aliphatic rings. The van der Waals surface area contributed by atoms with Crippen molar-refractivity contribution >= 4 is 13.6 Å². The van der Waals surface area contributed by atoms with Gasteiger partial charge in [-0.1, -0.05) is 34.6 Å². The molecular formula is C15H27O2P. The zero-order valence-electron chi connectivity index (χ0n) is 12.6. The smallest absolute Gasteiger partial charge is 0.326 e. The van der Waals surface area contributed by atoms with Crippen LogP contribution in [0.15, 0.2) is 0 Å². The van der Waals surface area contributed by atoms with Crippen molar-refractivity contribution in [1.82, 2.24) is 0 Å². The maximum absolute atomic E-state index is 12.2. The molecule has 0 aromatic carbocycles. The van der Waals surface area contributed by atoms with Crippen LogP contribution in [0.4, 0.5) is 4.79 Å². The molecule has 18 heavy (non-hydrogen) atoms. The fourth-order valence-corrected chi connectivity index (χ4v) is 4.41. The molecule has 2 fully saturated rings. The highest BCUT2D eigenvalue weighted by molar-refractivity contribution is 7.74. The van der Waals surface area contributed by atoms with Crippen molar-refractivity contribution in [2.24, 2.45) is 17.3 Å². The lowest BCUT2D eigenvalue weighted by atomic mass is 9.82. The summed E-state index contributed by atoms with van der Waals surface area (Å²) in [6, 6.07) is 0. The third kappa shape index (κ3) is 2.33. The van der Waals surface area contributed by atoms with Crippen LogP contribution < -0.4 is 0 Å². The summed E-state index contributed by atoms with van der Waals surface area (Å²) in [5.74, 6) is 1.35. The monoisotopic (exact) mass is 270 g/mol. The Labute approximate surface area is 113 Å². The minimum atomic E-state index is -0.700. The fourth-order valence-electron chi connectivity index (χ4n) is 3.57. The first-order valence-electron chi connectivity index (χ1n) is 7.08. The Kier molecular flexibility index (Phi) is 3.56. The van der Waals surface area contributed by atoms with Crippen molar-refractivity contribution in [3.63, 3.8) is 0 Å². The molecule has 104 valence electrons. The number of ether oxygens (including phenoxy) is 1. The molecule has 2 bridgehead atoms. The lowest BCUT2D eigenvalue weighted by Crippen LogP contribution is -2.28. The van der Waals surface area contributed by atoms with Crippen LogP contribution in [-0.2, 0) is 4.74 Å². The zero-order chi connectivity index (χ0) is 13.7. The van der Waals surface area contributed by atoms with Crippen LogP contribution in [0, 0.1) is 17.3 Å². The predicted octanol–water partition coefficient (Wildman–Crippen LogP) is 4.86.